The number of aromatic nitrogens is 3. The van der Waals surface area contributed by atoms with E-state index in [2.05, 4.69) is 25.3 Å². The minimum atomic E-state index is -4.57. The molecule has 0 aromatic carbocycles. The fraction of sp³-hybridized carbons (Fsp3) is 0.273. The summed E-state index contributed by atoms with van der Waals surface area (Å²) in [4.78, 5) is 14.0. The Bertz CT molecular complexity index is 675. The Morgan fingerprint density at radius 3 is 2.71 bits per heavy atom. The van der Waals surface area contributed by atoms with E-state index in [0.717, 1.165) is 0 Å². The number of hydrogen-bond acceptors (Lipinski definition) is 4. The molecule has 21 heavy (non-hydrogen) atoms. The third-order valence-corrected chi connectivity index (χ3v) is 3.84. The summed E-state index contributed by atoms with van der Waals surface area (Å²) >= 11 is 3.89. The highest BCUT2D eigenvalue weighted by atomic mass is 79.9. The fourth-order valence-electron chi connectivity index (χ4n) is 1.49. The number of hydrogen-bond donors (Lipinski definition) is 1. The van der Waals surface area contributed by atoms with Crippen molar-refractivity contribution in [3.05, 3.63) is 28.8 Å². The molecule has 112 valence electrons. The zero-order valence-corrected chi connectivity index (χ0v) is 12.7. The van der Waals surface area contributed by atoms with Gasteiger partial charge in [0.15, 0.2) is 18.9 Å². The molecule has 0 atom stereocenters. The van der Waals surface area contributed by atoms with Gasteiger partial charge < -0.3 is 5.11 Å². The van der Waals surface area contributed by atoms with E-state index < -0.39 is 18.0 Å². The summed E-state index contributed by atoms with van der Waals surface area (Å²) in [6, 6.07) is 1.56. The smallest absolute Gasteiger partial charge is 0.452 e. The fourth-order valence-corrected chi connectivity index (χ4v) is 2.93. The lowest BCUT2D eigenvalue weighted by Gasteiger charge is -2.00. The Morgan fingerprint density at radius 2 is 2.19 bits per heavy atom. The first-order valence-corrected chi connectivity index (χ1v) is 7.15. The second-order valence-electron chi connectivity index (χ2n) is 4.01. The van der Waals surface area contributed by atoms with E-state index in [1.165, 1.54) is 0 Å². The number of carboxylic acids is 1. The molecule has 2 aromatic heterocycles. The second-order valence-corrected chi connectivity index (χ2v) is 5.62. The molecule has 2 heterocycles. The van der Waals surface area contributed by atoms with Gasteiger partial charge in [0.2, 0.25) is 5.82 Å². The van der Waals surface area contributed by atoms with Crippen molar-refractivity contribution in [3.8, 4) is 10.6 Å². The summed E-state index contributed by atoms with van der Waals surface area (Å²) in [5.41, 5.74) is 0.467. The van der Waals surface area contributed by atoms with Crippen LogP contribution in [-0.2, 0) is 17.5 Å². The van der Waals surface area contributed by atoms with Gasteiger partial charge in [-0.25, -0.2) is 9.55 Å². The van der Waals surface area contributed by atoms with Crippen molar-refractivity contribution in [2.75, 3.05) is 0 Å². The zero-order chi connectivity index (χ0) is 15.6. The maximum atomic E-state index is 12.5. The van der Waals surface area contributed by atoms with Crippen molar-refractivity contribution in [2.45, 2.75) is 19.1 Å². The van der Waals surface area contributed by atoms with Crippen molar-refractivity contribution in [3.63, 3.8) is 0 Å². The predicted molar refractivity (Wildman–Crippen MR) is 70.5 cm³/mol. The van der Waals surface area contributed by atoms with Gasteiger partial charge in [0.1, 0.15) is 11.4 Å². The quantitative estimate of drug-likeness (QED) is 0.825. The average molecular weight is 383 g/mol. The van der Waals surface area contributed by atoms with Crippen LogP contribution in [0.1, 0.15) is 12.2 Å². The third kappa shape index (κ3) is 3.97. The van der Waals surface area contributed by atoms with Gasteiger partial charge in [0.25, 0.3) is 0 Å². The largest absolute Gasteiger partial charge is 0.481 e. The molecule has 5 nitrogen and oxygen atoms in total. The van der Waals surface area contributed by atoms with Crippen LogP contribution in [0.25, 0.3) is 10.6 Å². The second kappa shape index (κ2) is 6.06. The van der Waals surface area contributed by atoms with E-state index in [-0.39, 0.29) is 18.0 Å². The van der Waals surface area contributed by atoms with Gasteiger partial charge in [-0.05, 0) is 27.5 Å². The van der Waals surface area contributed by atoms with Gasteiger partial charge >= 0.3 is 12.1 Å². The number of rotatable bonds is 4. The highest BCUT2D eigenvalue weighted by molar-refractivity contribution is 9.10. The van der Waals surface area contributed by atoms with E-state index in [0.29, 0.717) is 21.6 Å². The first-order valence-electron chi connectivity index (χ1n) is 5.59. The predicted octanol–water partition coefficient (Wildman–Crippen LogP) is 2.75. The van der Waals surface area contributed by atoms with Gasteiger partial charge in [0, 0.05) is 11.6 Å². The Balaban J connectivity index is 2.25. The molecule has 0 saturated carbocycles. The lowest BCUT2D eigenvalue weighted by molar-refractivity contribution is -0.696. The molecular formula is C11H8BrF3N3O2S+. The van der Waals surface area contributed by atoms with Crippen LogP contribution in [-0.4, -0.2) is 20.4 Å². The van der Waals surface area contributed by atoms with E-state index in [9.17, 15) is 18.0 Å². The van der Waals surface area contributed by atoms with Crippen molar-refractivity contribution >= 4 is 33.4 Å². The summed E-state index contributed by atoms with van der Waals surface area (Å²) in [6.07, 6.45) is -1.45. The highest BCUT2D eigenvalue weighted by Gasteiger charge is 2.36. The number of pyridine rings is 1. The van der Waals surface area contributed by atoms with Crippen LogP contribution in [0.5, 0.6) is 0 Å². The van der Waals surface area contributed by atoms with Crippen molar-refractivity contribution < 1.29 is 27.6 Å². The molecule has 0 aliphatic heterocycles. The molecule has 0 fully saturated rings. The highest BCUT2D eigenvalue weighted by Crippen LogP contribution is 2.33. The minimum absolute atomic E-state index is 0.0481. The number of carboxylic acid groups (broad SMARTS) is 1. The molecule has 0 aliphatic carbocycles. The normalized spacial score (nSPS) is 11.6. The molecule has 0 aliphatic rings. The van der Waals surface area contributed by atoms with Crippen LogP contribution in [0.2, 0.25) is 0 Å². The van der Waals surface area contributed by atoms with E-state index >= 15 is 0 Å². The molecule has 0 saturated heterocycles. The molecule has 2 rings (SSSR count). The van der Waals surface area contributed by atoms with Crippen LogP contribution in [0.3, 0.4) is 0 Å². The molecule has 1 N–H and O–H groups in total. The lowest BCUT2D eigenvalue weighted by Crippen LogP contribution is -2.34. The molecule has 2 aromatic rings. The topological polar surface area (TPSA) is 67.0 Å². The van der Waals surface area contributed by atoms with Crippen molar-refractivity contribution in [1.82, 2.24) is 9.36 Å². The number of halogens is 4. The molecule has 0 radical (unpaired) electrons. The molecular weight excluding hydrogens is 375 g/mol. The summed E-state index contributed by atoms with van der Waals surface area (Å²) in [7, 11) is 0. The Morgan fingerprint density at radius 1 is 1.48 bits per heavy atom. The lowest BCUT2D eigenvalue weighted by atomic mass is 10.3. The number of aryl methyl sites for hydroxylation is 1. The van der Waals surface area contributed by atoms with Crippen LogP contribution in [0.4, 0.5) is 13.2 Å². The van der Waals surface area contributed by atoms with Gasteiger partial charge in [-0.15, -0.1) is 0 Å². The van der Waals surface area contributed by atoms with Gasteiger partial charge in [0.05, 0.1) is 4.47 Å². The maximum absolute atomic E-state index is 12.5. The molecule has 0 bridgehead atoms. The van der Waals surface area contributed by atoms with Crippen LogP contribution >= 0.6 is 27.5 Å². The van der Waals surface area contributed by atoms with Crippen LogP contribution < -0.4 is 4.57 Å². The standard InChI is InChI=1S/C11H7BrF3N3O2S/c12-7-5-18(4-2-8(19)20)3-1-6(7)9-16-10(17-21-9)11(13,14)15/h1,3,5H,2,4H2/p+1. The van der Waals surface area contributed by atoms with E-state index in [4.69, 9.17) is 5.11 Å². The van der Waals surface area contributed by atoms with E-state index in [1.807, 2.05) is 0 Å². The van der Waals surface area contributed by atoms with Crippen LogP contribution in [0, 0.1) is 0 Å². The maximum Gasteiger partial charge on any atom is 0.452 e. The van der Waals surface area contributed by atoms with Gasteiger partial charge in [-0.2, -0.15) is 17.5 Å². The van der Waals surface area contributed by atoms with Crippen molar-refractivity contribution in [2.24, 2.45) is 0 Å². The first-order chi connectivity index (χ1) is 9.77. The Labute approximate surface area is 129 Å². The van der Waals surface area contributed by atoms with Gasteiger partial charge in [-0.3, -0.25) is 4.79 Å². The molecule has 0 unspecified atom stereocenters. The molecule has 0 spiro atoms. The Kier molecular flexibility index (Phi) is 4.57. The summed E-state index contributed by atoms with van der Waals surface area (Å²) < 4.78 is 42.8. The number of aliphatic carboxylic acids is 1. The number of carbonyl (C=O) groups is 1. The summed E-state index contributed by atoms with van der Waals surface area (Å²) in [6.45, 7) is 0.262. The number of alkyl halides is 3. The van der Waals surface area contributed by atoms with Gasteiger partial charge in [-0.1, -0.05) is 0 Å². The summed E-state index contributed by atoms with van der Waals surface area (Å²) in [5, 5.41) is 8.75. The zero-order valence-electron chi connectivity index (χ0n) is 10.3. The Hall–Kier alpha value is -1.55. The van der Waals surface area contributed by atoms with Crippen LogP contribution in [0.15, 0.2) is 22.9 Å². The first kappa shape index (κ1) is 15.8. The van der Waals surface area contributed by atoms with E-state index in [1.54, 1.807) is 23.0 Å². The molecule has 0 amide bonds. The molecule has 10 heteroatoms. The average Bonchev–Trinajstić information content (AvgIpc) is 2.85. The number of nitrogens with zero attached hydrogens (tertiary/aromatic N) is 3. The monoisotopic (exact) mass is 382 g/mol. The summed E-state index contributed by atoms with van der Waals surface area (Å²) in [5.74, 6) is -2.10. The minimum Gasteiger partial charge on any atom is -0.481 e. The van der Waals surface area contributed by atoms with Crippen molar-refractivity contribution in [1.29, 1.82) is 0 Å². The SMILES string of the molecule is O=C(O)CC[n+]1ccc(-c2nc(C(F)(F)F)ns2)c(Br)c1. The third-order valence-electron chi connectivity index (χ3n) is 2.46.